The van der Waals surface area contributed by atoms with Gasteiger partial charge in [-0.1, -0.05) is 29.8 Å². The van der Waals surface area contributed by atoms with Crippen LogP contribution in [0, 0.1) is 6.92 Å². The van der Waals surface area contributed by atoms with Crippen LogP contribution >= 0.6 is 0 Å². The molecule has 0 aliphatic rings. The summed E-state index contributed by atoms with van der Waals surface area (Å²) in [6, 6.07) is 8.33. The van der Waals surface area contributed by atoms with Crippen LogP contribution < -0.4 is 0 Å². The van der Waals surface area contributed by atoms with Crippen LogP contribution in [0.4, 0.5) is 0 Å². The molecule has 3 rings (SSSR count). The smallest absolute Gasteiger partial charge is 0.0872 e. The van der Waals surface area contributed by atoms with E-state index in [4.69, 9.17) is 5.11 Å². The number of aryl methyl sites for hydroxylation is 1. The predicted octanol–water partition coefficient (Wildman–Crippen LogP) is 2.40. The van der Waals surface area contributed by atoms with Gasteiger partial charge in [0.15, 0.2) is 0 Å². The van der Waals surface area contributed by atoms with Gasteiger partial charge in [0.25, 0.3) is 0 Å². The van der Waals surface area contributed by atoms with Crippen molar-refractivity contribution in [3.05, 3.63) is 48.4 Å². The van der Waals surface area contributed by atoms with E-state index in [-0.39, 0.29) is 6.61 Å². The molecule has 2 aromatic heterocycles. The number of hydrogen-bond acceptors (Lipinski definition) is 3. The van der Waals surface area contributed by atoms with Crippen LogP contribution in [0.5, 0.6) is 0 Å². The molecule has 4 nitrogen and oxygen atoms in total. The van der Waals surface area contributed by atoms with Gasteiger partial charge in [-0.2, -0.15) is 5.10 Å². The first-order valence-electron chi connectivity index (χ1n) is 6.27. The van der Waals surface area contributed by atoms with Gasteiger partial charge in [-0.25, -0.2) is 0 Å². The first-order chi connectivity index (χ1) is 9.29. The van der Waals surface area contributed by atoms with Crippen LogP contribution in [0.1, 0.15) is 5.56 Å². The van der Waals surface area contributed by atoms with Gasteiger partial charge < -0.3 is 5.11 Å². The maximum Gasteiger partial charge on any atom is 0.0872 e. The SMILES string of the molecule is Cc1cccc(-c2cncc3c2cnn3CCO)c1. The fourth-order valence-electron chi connectivity index (χ4n) is 2.31. The van der Waals surface area contributed by atoms with Gasteiger partial charge in [0.2, 0.25) is 0 Å². The highest BCUT2D eigenvalue weighted by atomic mass is 16.3. The van der Waals surface area contributed by atoms with E-state index in [0.29, 0.717) is 6.54 Å². The van der Waals surface area contributed by atoms with Crippen molar-refractivity contribution in [2.45, 2.75) is 13.5 Å². The second-order valence-corrected chi connectivity index (χ2v) is 4.58. The van der Waals surface area contributed by atoms with Crippen molar-refractivity contribution >= 4 is 10.9 Å². The highest BCUT2D eigenvalue weighted by Crippen LogP contribution is 2.27. The lowest BCUT2D eigenvalue weighted by molar-refractivity contribution is 0.271. The van der Waals surface area contributed by atoms with Crippen LogP contribution in [0.25, 0.3) is 22.0 Å². The van der Waals surface area contributed by atoms with E-state index in [1.54, 1.807) is 10.9 Å². The molecule has 1 N–H and O–H groups in total. The van der Waals surface area contributed by atoms with Crippen molar-refractivity contribution < 1.29 is 5.11 Å². The van der Waals surface area contributed by atoms with Crippen LogP contribution in [0.3, 0.4) is 0 Å². The summed E-state index contributed by atoms with van der Waals surface area (Å²) in [4.78, 5) is 4.29. The number of rotatable bonds is 3. The number of fused-ring (bicyclic) bond motifs is 1. The van der Waals surface area contributed by atoms with Gasteiger partial charge in [0.05, 0.1) is 31.1 Å². The molecule has 0 aliphatic carbocycles. The number of aliphatic hydroxyl groups is 1. The first kappa shape index (κ1) is 11.9. The van der Waals surface area contributed by atoms with Crippen molar-refractivity contribution in [3.8, 4) is 11.1 Å². The molecular weight excluding hydrogens is 238 g/mol. The Morgan fingerprint density at radius 2 is 2.11 bits per heavy atom. The number of hydrogen-bond donors (Lipinski definition) is 1. The summed E-state index contributed by atoms with van der Waals surface area (Å²) in [5, 5.41) is 14.4. The van der Waals surface area contributed by atoms with E-state index >= 15 is 0 Å². The molecule has 1 aromatic carbocycles. The number of benzene rings is 1. The Labute approximate surface area is 111 Å². The summed E-state index contributed by atoms with van der Waals surface area (Å²) in [5.41, 5.74) is 4.39. The highest BCUT2D eigenvalue weighted by molar-refractivity contribution is 5.93. The predicted molar refractivity (Wildman–Crippen MR) is 74.8 cm³/mol. The molecule has 0 fully saturated rings. The minimum Gasteiger partial charge on any atom is -0.394 e. The second-order valence-electron chi connectivity index (χ2n) is 4.58. The van der Waals surface area contributed by atoms with E-state index in [1.165, 1.54) is 5.56 Å². The quantitative estimate of drug-likeness (QED) is 0.779. The normalized spacial score (nSPS) is 11.1. The van der Waals surface area contributed by atoms with Gasteiger partial charge in [-0.05, 0) is 12.5 Å². The molecule has 0 atom stereocenters. The van der Waals surface area contributed by atoms with Crippen molar-refractivity contribution in [2.75, 3.05) is 6.61 Å². The zero-order chi connectivity index (χ0) is 13.2. The Hall–Kier alpha value is -2.20. The Morgan fingerprint density at radius 3 is 2.89 bits per heavy atom. The number of pyridine rings is 1. The van der Waals surface area contributed by atoms with Crippen LogP contribution in [0.2, 0.25) is 0 Å². The Balaban J connectivity index is 2.19. The van der Waals surface area contributed by atoms with E-state index in [2.05, 4.69) is 35.2 Å². The summed E-state index contributed by atoms with van der Waals surface area (Å²) in [5.74, 6) is 0. The molecule has 0 amide bonds. The monoisotopic (exact) mass is 253 g/mol. The Kier molecular flexibility index (Phi) is 3.01. The van der Waals surface area contributed by atoms with Gasteiger partial charge >= 0.3 is 0 Å². The molecule has 96 valence electrons. The minimum absolute atomic E-state index is 0.0749. The lowest BCUT2D eigenvalue weighted by Gasteiger charge is -2.05. The fraction of sp³-hybridized carbons (Fsp3) is 0.200. The van der Waals surface area contributed by atoms with Crippen LogP contribution in [0.15, 0.2) is 42.9 Å². The fourth-order valence-corrected chi connectivity index (χ4v) is 2.31. The largest absolute Gasteiger partial charge is 0.394 e. The molecule has 2 heterocycles. The molecule has 0 saturated heterocycles. The summed E-state index contributed by atoms with van der Waals surface area (Å²) in [6.45, 7) is 2.64. The molecule has 0 bridgehead atoms. The van der Waals surface area contributed by atoms with Gasteiger partial charge in [0, 0.05) is 17.1 Å². The number of nitrogens with zero attached hydrogens (tertiary/aromatic N) is 3. The number of aromatic nitrogens is 3. The zero-order valence-corrected chi connectivity index (χ0v) is 10.7. The Bertz CT molecular complexity index is 718. The topological polar surface area (TPSA) is 50.9 Å². The summed E-state index contributed by atoms with van der Waals surface area (Å²) >= 11 is 0. The second kappa shape index (κ2) is 4.82. The summed E-state index contributed by atoms with van der Waals surface area (Å²) in [6.07, 6.45) is 5.49. The lowest BCUT2D eigenvalue weighted by Crippen LogP contribution is -2.03. The highest BCUT2D eigenvalue weighted by Gasteiger charge is 2.09. The van der Waals surface area contributed by atoms with Crippen molar-refractivity contribution in [1.82, 2.24) is 14.8 Å². The van der Waals surface area contributed by atoms with E-state index in [1.807, 2.05) is 18.5 Å². The molecule has 0 radical (unpaired) electrons. The maximum absolute atomic E-state index is 9.04. The Morgan fingerprint density at radius 1 is 1.21 bits per heavy atom. The van der Waals surface area contributed by atoms with E-state index in [9.17, 15) is 0 Å². The third kappa shape index (κ3) is 2.11. The molecule has 0 aliphatic heterocycles. The first-order valence-corrected chi connectivity index (χ1v) is 6.27. The standard InChI is InChI=1S/C15H15N3O/c1-11-3-2-4-12(7-11)13-8-16-10-15-14(13)9-17-18(15)5-6-19/h2-4,7-10,19H,5-6H2,1H3. The van der Waals surface area contributed by atoms with Crippen molar-refractivity contribution in [2.24, 2.45) is 0 Å². The average Bonchev–Trinajstić information content (AvgIpc) is 2.83. The maximum atomic E-state index is 9.04. The van der Waals surface area contributed by atoms with Gasteiger partial charge in [-0.3, -0.25) is 9.67 Å². The van der Waals surface area contributed by atoms with Gasteiger partial charge in [-0.15, -0.1) is 0 Å². The van der Waals surface area contributed by atoms with Crippen LogP contribution in [-0.4, -0.2) is 26.5 Å². The number of aliphatic hydroxyl groups excluding tert-OH is 1. The van der Waals surface area contributed by atoms with Gasteiger partial charge in [0.1, 0.15) is 0 Å². The van der Waals surface area contributed by atoms with E-state index in [0.717, 1.165) is 22.0 Å². The minimum atomic E-state index is 0.0749. The molecular formula is C15H15N3O. The molecule has 0 unspecified atom stereocenters. The third-order valence-corrected chi connectivity index (χ3v) is 3.21. The van der Waals surface area contributed by atoms with Crippen molar-refractivity contribution in [3.63, 3.8) is 0 Å². The molecule has 4 heteroatoms. The lowest BCUT2D eigenvalue weighted by atomic mass is 10.0. The zero-order valence-electron chi connectivity index (χ0n) is 10.7. The molecule has 3 aromatic rings. The third-order valence-electron chi connectivity index (χ3n) is 3.21. The summed E-state index contributed by atoms with van der Waals surface area (Å²) < 4.78 is 1.78. The van der Waals surface area contributed by atoms with Crippen molar-refractivity contribution in [1.29, 1.82) is 0 Å². The summed E-state index contributed by atoms with van der Waals surface area (Å²) in [7, 11) is 0. The average molecular weight is 253 g/mol. The molecule has 0 spiro atoms. The van der Waals surface area contributed by atoms with Crippen LogP contribution in [-0.2, 0) is 6.54 Å². The van der Waals surface area contributed by atoms with E-state index < -0.39 is 0 Å². The molecule has 19 heavy (non-hydrogen) atoms. The molecule has 0 saturated carbocycles.